The normalized spacial score (nSPS) is 21.8. The molecule has 182 valence electrons. The Morgan fingerprint density at radius 2 is 1.82 bits per heavy atom. The third-order valence-electron chi connectivity index (χ3n) is 5.73. The lowest BCUT2D eigenvalue weighted by Gasteiger charge is -2.42. The molecule has 0 saturated carbocycles. The first-order valence-corrected chi connectivity index (χ1v) is 10.3. The van der Waals surface area contributed by atoms with E-state index in [1.165, 1.54) is 11.0 Å². The van der Waals surface area contributed by atoms with Crippen molar-refractivity contribution in [2.45, 2.75) is 57.1 Å². The van der Waals surface area contributed by atoms with E-state index in [1.807, 2.05) is 0 Å². The maximum Gasteiger partial charge on any atom is 0.415 e. The average molecular weight is 476 g/mol. The zero-order valence-electron chi connectivity index (χ0n) is 18.2. The Bertz CT molecular complexity index is 891. The van der Waals surface area contributed by atoms with Gasteiger partial charge in [0.05, 0.1) is 6.07 Å². The second-order valence-electron chi connectivity index (χ2n) is 8.49. The van der Waals surface area contributed by atoms with E-state index in [-0.39, 0.29) is 19.4 Å². The van der Waals surface area contributed by atoms with Crippen LogP contribution in [0.4, 0.5) is 26.3 Å². The number of halogens is 6. The first-order valence-electron chi connectivity index (χ1n) is 10.3. The van der Waals surface area contributed by atoms with Gasteiger partial charge >= 0.3 is 12.4 Å². The van der Waals surface area contributed by atoms with Crippen LogP contribution in [0.5, 0.6) is 5.75 Å². The summed E-state index contributed by atoms with van der Waals surface area (Å²) in [4.78, 5) is 1.29. The third-order valence-corrected chi connectivity index (χ3v) is 5.73. The molecule has 1 aromatic carbocycles. The van der Waals surface area contributed by atoms with Gasteiger partial charge in [-0.25, -0.2) is 0 Å². The summed E-state index contributed by atoms with van der Waals surface area (Å²) in [5.74, 6) is 0.980. The number of rotatable bonds is 9. The highest BCUT2D eigenvalue weighted by Gasteiger charge is 2.51. The Morgan fingerprint density at radius 1 is 1.18 bits per heavy atom. The number of allylic oxidation sites excluding steroid dienone is 2. The van der Waals surface area contributed by atoms with Crippen LogP contribution in [-0.4, -0.2) is 47.1 Å². The highest BCUT2D eigenvalue weighted by atomic mass is 19.4. The molecule has 1 aliphatic rings. The molecule has 0 bridgehead atoms. The van der Waals surface area contributed by atoms with Crippen molar-refractivity contribution in [2.75, 3.05) is 13.1 Å². The van der Waals surface area contributed by atoms with Crippen molar-refractivity contribution >= 4 is 0 Å². The SMILES string of the molecule is CC1(N(CCCC(C)(C#N)C(F)(F)F)CC(O)C(F)(F)F)C=CC=C(Oc2ccccc2)C1. The zero-order chi connectivity index (χ0) is 24.9. The van der Waals surface area contributed by atoms with Crippen LogP contribution in [0.2, 0.25) is 0 Å². The van der Waals surface area contributed by atoms with E-state index in [2.05, 4.69) is 0 Å². The smallest absolute Gasteiger partial charge is 0.415 e. The van der Waals surface area contributed by atoms with Crippen LogP contribution < -0.4 is 4.74 Å². The molecule has 3 unspecified atom stereocenters. The van der Waals surface area contributed by atoms with Gasteiger partial charge in [-0.15, -0.1) is 0 Å². The van der Waals surface area contributed by atoms with Crippen molar-refractivity contribution in [2.24, 2.45) is 5.41 Å². The number of aliphatic hydroxyl groups excluding tert-OH is 1. The van der Waals surface area contributed by atoms with Crippen molar-refractivity contribution in [3.05, 3.63) is 54.3 Å². The summed E-state index contributed by atoms with van der Waals surface area (Å²) in [6.07, 6.45) is -8.11. The van der Waals surface area contributed by atoms with Crippen LogP contribution in [0, 0.1) is 16.7 Å². The first kappa shape index (κ1) is 26.7. The molecule has 0 saturated heterocycles. The molecule has 0 spiro atoms. The molecular formula is C23H26F6N2O2. The quantitative estimate of drug-likeness (QED) is 0.460. The van der Waals surface area contributed by atoms with Crippen molar-refractivity contribution in [1.29, 1.82) is 5.26 Å². The second kappa shape index (κ2) is 10.2. The molecule has 2 rings (SSSR count). The molecule has 0 aliphatic heterocycles. The molecule has 1 aromatic rings. The van der Waals surface area contributed by atoms with Gasteiger partial charge in [0.15, 0.2) is 6.10 Å². The molecule has 1 aliphatic carbocycles. The van der Waals surface area contributed by atoms with Gasteiger partial charge in [0.2, 0.25) is 0 Å². The third kappa shape index (κ3) is 6.98. The summed E-state index contributed by atoms with van der Waals surface area (Å²) in [5.41, 5.74) is -3.68. The van der Waals surface area contributed by atoms with Crippen LogP contribution in [0.1, 0.15) is 33.1 Å². The number of aliphatic hydroxyl groups is 1. The van der Waals surface area contributed by atoms with E-state index in [0.29, 0.717) is 11.5 Å². The number of alkyl halides is 6. The molecular weight excluding hydrogens is 450 g/mol. The molecule has 3 atom stereocenters. The van der Waals surface area contributed by atoms with Crippen LogP contribution >= 0.6 is 0 Å². The summed E-state index contributed by atoms with van der Waals surface area (Å²) < 4.78 is 84.7. The van der Waals surface area contributed by atoms with Crippen molar-refractivity contribution < 1.29 is 36.2 Å². The minimum Gasteiger partial charge on any atom is -0.462 e. The number of hydrogen-bond acceptors (Lipinski definition) is 4. The first-order chi connectivity index (χ1) is 15.2. The molecule has 0 fully saturated rings. The summed E-state index contributed by atoms with van der Waals surface area (Å²) >= 11 is 0. The van der Waals surface area contributed by atoms with Gasteiger partial charge in [0.1, 0.15) is 16.9 Å². The van der Waals surface area contributed by atoms with E-state index in [4.69, 9.17) is 10.00 Å². The molecule has 10 heteroatoms. The van der Waals surface area contributed by atoms with Crippen molar-refractivity contribution in [3.8, 4) is 11.8 Å². The average Bonchev–Trinajstić information content (AvgIpc) is 2.72. The largest absolute Gasteiger partial charge is 0.462 e. The number of β-amino-alcohol motifs (C(OH)–C–C–N with tert-alkyl or cyclic N) is 1. The van der Waals surface area contributed by atoms with Gasteiger partial charge in [-0.05, 0) is 51.4 Å². The van der Waals surface area contributed by atoms with E-state index in [1.54, 1.807) is 55.5 Å². The minimum absolute atomic E-state index is 0.137. The highest BCUT2D eigenvalue weighted by molar-refractivity contribution is 5.29. The van der Waals surface area contributed by atoms with Crippen LogP contribution in [0.15, 0.2) is 54.3 Å². The number of nitriles is 1. The lowest BCUT2D eigenvalue weighted by molar-refractivity contribution is -0.211. The van der Waals surface area contributed by atoms with Gasteiger partial charge in [-0.2, -0.15) is 31.6 Å². The minimum atomic E-state index is -4.89. The number of ether oxygens (including phenoxy) is 1. The fourth-order valence-corrected chi connectivity index (χ4v) is 3.51. The fraction of sp³-hybridized carbons (Fsp3) is 0.522. The van der Waals surface area contributed by atoms with Crippen LogP contribution in [0.3, 0.4) is 0 Å². The van der Waals surface area contributed by atoms with E-state index in [0.717, 1.165) is 6.92 Å². The topological polar surface area (TPSA) is 56.5 Å². The van der Waals surface area contributed by atoms with Gasteiger partial charge in [-0.1, -0.05) is 30.4 Å². The lowest BCUT2D eigenvalue weighted by atomic mass is 9.85. The Kier molecular flexibility index (Phi) is 8.25. The molecule has 0 aromatic heterocycles. The second-order valence-corrected chi connectivity index (χ2v) is 8.49. The highest BCUT2D eigenvalue weighted by Crippen LogP contribution is 2.41. The van der Waals surface area contributed by atoms with Crippen LogP contribution in [0.25, 0.3) is 0 Å². The van der Waals surface area contributed by atoms with Gasteiger partial charge in [-0.3, -0.25) is 4.90 Å². The monoisotopic (exact) mass is 476 g/mol. The molecule has 0 amide bonds. The number of nitrogens with zero attached hydrogens (tertiary/aromatic N) is 2. The predicted molar refractivity (Wildman–Crippen MR) is 110 cm³/mol. The van der Waals surface area contributed by atoms with E-state index in [9.17, 15) is 31.4 Å². The zero-order valence-corrected chi connectivity index (χ0v) is 18.2. The Morgan fingerprint density at radius 3 is 2.36 bits per heavy atom. The van der Waals surface area contributed by atoms with Gasteiger partial charge in [0, 0.05) is 18.5 Å². The Hall–Kier alpha value is -2.51. The number of hydrogen-bond donors (Lipinski definition) is 1. The number of benzene rings is 1. The van der Waals surface area contributed by atoms with Crippen LogP contribution in [-0.2, 0) is 0 Å². The lowest BCUT2D eigenvalue weighted by Crippen LogP contribution is -2.52. The maximum atomic E-state index is 13.2. The predicted octanol–water partition coefficient (Wildman–Crippen LogP) is 5.77. The van der Waals surface area contributed by atoms with E-state index < -0.39 is 42.4 Å². The Labute approximate surface area is 188 Å². The molecule has 4 nitrogen and oxygen atoms in total. The molecule has 1 N–H and O–H groups in total. The summed E-state index contributed by atoms with van der Waals surface area (Å²) in [7, 11) is 0. The maximum absolute atomic E-state index is 13.2. The standard InChI is InChI=1S/C23H26F6N2O2/c1-20(16-30,23(27,28)29)11-7-13-31(15-19(32)22(24,25)26)21(2)12-6-10-18(14-21)33-17-8-4-3-5-9-17/h3-6,8-10,12,19,32H,7,11,13-15H2,1-2H3. The van der Waals surface area contributed by atoms with E-state index >= 15 is 0 Å². The number of para-hydroxylation sites is 1. The molecule has 0 heterocycles. The summed E-state index contributed by atoms with van der Waals surface area (Å²) in [5, 5.41) is 18.7. The Balaban J connectivity index is 2.19. The van der Waals surface area contributed by atoms with Crippen molar-refractivity contribution in [1.82, 2.24) is 4.90 Å². The van der Waals surface area contributed by atoms with Crippen molar-refractivity contribution in [3.63, 3.8) is 0 Å². The summed E-state index contributed by atoms with van der Waals surface area (Å²) in [6, 6.07) is 9.99. The molecule has 0 radical (unpaired) electrons. The van der Waals surface area contributed by atoms with Gasteiger partial charge in [0.25, 0.3) is 0 Å². The summed E-state index contributed by atoms with van der Waals surface area (Å²) in [6.45, 7) is 1.36. The van der Waals surface area contributed by atoms with Gasteiger partial charge < -0.3 is 9.84 Å². The fourth-order valence-electron chi connectivity index (χ4n) is 3.51. The molecule has 33 heavy (non-hydrogen) atoms.